The maximum absolute atomic E-state index is 12.0. The minimum atomic E-state index is -0.0779. The lowest BCUT2D eigenvalue weighted by Crippen LogP contribution is -2.22. The molecule has 1 amide bonds. The van der Waals surface area contributed by atoms with Gasteiger partial charge in [0.2, 0.25) is 0 Å². The zero-order valence-corrected chi connectivity index (χ0v) is 9.77. The maximum Gasteiger partial charge on any atom is 0.251 e. The third-order valence-corrected chi connectivity index (χ3v) is 2.99. The first-order valence-corrected chi connectivity index (χ1v) is 5.78. The van der Waals surface area contributed by atoms with Gasteiger partial charge in [-0.15, -0.1) is 0 Å². The Morgan fingerprint density at radius 1 is 1.39 bits per heavy atom. The molecule has 3 rings (SSSR count). The van der Waals surface area contributed by atoms with Crippen LogP contribution in [0.15, 0.2) is 30.6 Å². The number of H-pyrrole nitrogens is 1. The SMILES string of the molecule is O=C(NCc1cn[nH]c1)c1ccc2c(c1)COC2. The number of aromatic amines is 1. The van der Waals surface area contributed by atoms with E-state index in [1.807, 2.05) is 18.2 Å². The lowest BCUT2D eigenvalue weighted by atomic mass is 10.1. The van der Waals surface area contributed by atoms with Crippen LogP contribution < -0.4 is 5.32 Å². The second kappa shape index (κ2) is 4.62. The van der Waals surface area contributed by atoms with Crippen LogP contribution in [0.5, 0.6) is 0 Å². The Kier molecular flexibility index (Phi) is 2.82. The fourth-order valence-electron chi connectivity index (χ4n) is 1.97. The average molecular weight is 243 g/mol. The Labute approximate surface area is 104 Å². The molecule has 1 aliphatic heterocycles. The van der Waals surface area contributed by atoms with Gasteiger partial charge in [-0.3, -0.25) is 9.89 Å². The highest BCUT2D eigenvalue weighted by molar-refractivity contribution is 5.94. The van der Waals surface area contributed by atoms with Gasteiger partial charge in [-0.25, -0.2) is 0 Å². The summed E-state index contributed by atoms with van der Waals surface area (Å²) in [5.74, 6) is -0.0779. The topological polar surface area (TPSA) is 67.0 Å². The van der Waals surface area contributed by atoms with Crippen LogP contribution >= 0.6 is 0 Å². The van der Waals surface area contributed by atoms with Crippen molar-refractivity contribution in [1.82, 2.24) is 15.5 Å². The van der Waals surface area contributed by atoms with Crippen LogP contribution in [0.4, 0.5) is 0 Å². The molecule has 0 fully saturated rings. The molecule has 0 saturated carbocycles. The zero-order valence-electron chi connectivity index (χ0n) is 9.77. The number of rotatable bonds is 3. The van der Waals surface area contributed by atoms with Gasteiger partial charge in [-0.2, -0.15) is 5.10 Å². The molecule has 1 aromatic heterocycles. The molecule has 0 radical (unpaired) electrons. The highest BCUT2D eigenvalue weighted by Crippen LogP contribution is 2.20. The van der Waals surface area contributed by atoms with Crippen LogP contribution in [0.2, 0.25) is 0 Å². The van der Waals surface area contributed by atoms with Crippen LogP contribution in [0, 0.1) is 0 Å². The highest BCUT2D eigenvalue weighted by atomic mass is 16.5. The molecule has 1 aromatic carbocycles. The first-order chi connectivity index (χ1) is 8.83. The van der Waals surface area contributed by atoms with E-state index < -0.39 is 0 Å². The van der Waals surface area contributed by atoms with Crippen molar-refractivity contribution in [3.05, 3.63) is 52.8 Å². The Bertz CT molecular complexity index is 564. The van der Waals surface area contributed by atoms with Gasteiger partial charge in [-0.1, -0.05) is 6.07 Å². The first kappa shape index (κ1) is 11.0. The summed E-state index contributed by atoms with van der Waals surface area (Å²) in [5, 5.41) is 9.39. The second-order valence-electron chi connectivity index (χ2n) is 4.27. The summed E-state index contributed by atoms with van der Waals surface area (Å²) in [6, 6.07) is 5.68. The predicted molar refractivity (Wildman–Crippen MR) is 64.7 cm³/mol. The lowest BCUT2D eigenvalue weighted by molar-refractivity contribution is 0.0950. The van der Waals surface area contributed by atoms with Crippen molar-refractivity contribution in [2.45, 2.75) is 19.8 Å². The van der Waals surface area contributed by atoms with E-state index in [2.05, 4.69) is 15.5 Å². The monoisotopic (exact) mass is 243 g/mol. The zero-order chi connectivity index (χ0) is 12.4. The fraction of sp³-hybridized carbons (Fsp3) is 0.231. The van der Waals surface area contributed by atoms with Crippen LogP contribution in [-0.4, -0.2) is 16.1 Å². The maximum atomic E-state index is 12.0. The van der Waals surface area contributed by atoms with Gasteiger partial charge in [0.25, 0.3) is 5.91 Å². The minimum absolute atomic E-state index is 0.0779. The molecule has 18 heavy (non-hydrogen) atoms. The number of carbonyl (C=O) groups excluding carboxylic acids is 1. The molecule has 1 aliphatic rings. The molecule has 0 saturated heterocycles. The van der Waals surface area contributed by atoms with Crippen molar-refractivity contribution < 1.29 is 9.53 Å². The molecule has 2 aromatic rings. The molecule has 0 aliphatic carbocycles. The number of hydrogen-bond acceptors (Lipinski definition) is 3. The summed E-state index contributed by atoms with van der Waals surface area (Å²) in [5.41, 5.74) is 3.89. The Morgan fingerprint density at radius 2 is 2.28 bits per heavy atom. The van der Waals surface area contributed by atoms with E-state index in [1.165, 1.54) is 5.56 Å². The van der Waals surface area contributed by atoms with Crippen molar-refractivity contribution >= 4 is 5.91 Å². The van der Waals surface area contributed by atoms with Crippen LogP contribution in [0.25, 0.3) is 0 Å². The number of fused-ring (bicyclic) bond motifs is 1. The molecular weight excluding hydrogens is 230 g/mol. The second-order valence-corrected chi connectivity index (χ2v) is 4.27. The summed E-state index contributed by atoms with van der Waals surface area (Å²) < 4.78 is 5.32. The molecule has 0 spiro atoms. The third kappa shape index (κ3) is 2.12. The standard InChI is InChI=1S/C13H13N3O2/c17-13(14-4-9-5-15-16-6-9)10-1-2-11-7-18-8-12(11)3-10/h1-3,5-6H,4,7-8H2,(H,14,17)(H,15,16). The summed E-state index contributed by atoms with van der Waals surface area (Å²) in [6.45, 7) is 1.72. The van der Waals surface area contributed by atoms with Crippen molar-refractivity contribution in [2.24, 2.45) is 0 Å². The van der Waals surface area contributed by atoms with E-state index >= 15 is 0 Å². The number of benzene rings is 1. The van der Waals surface area contributed by atoms with Gasteiger partial charge in [0.1, 0.15) is 0 Å². The van der Waals surface area contributed by atoms with Crippen molar-refractivity contribution in [3.63, 3.8) is 0 Å². The van der Waals surface area contributed by atoms with Crippen LogP contribution in [0.1, 0.15) is 27.0 Å². The normalized spacial score (nSPS) is 13.3. The molecule has 2 heterocycles. The molecule has 5 nitrogen and oxygen atoms in total. The summed E-state index contributed by atoms with van der Waals surface area (Å²) in [6.07, 6.45) is 3.45. The highest BCUT2D eigenvalue weighted by Gasteiger charge is 2.14. The number of nitrogens with zero attached hydrogens (tertiary/aromatic N) is 1. The van der Waals surface area contributed by atoms with Crippen LogP contribution in [0.3, 0.4) is 0 Å². The Hall–Kier alpha value is -2.14. The molecule has 2 N–H and O–H groups in total. The molecule has 0 bridgehead atoms. The molecular formula is C13H13N3O2. The minimum Gasteiger partial charge on any atom is -0.372 e. The Morgan fingerprint density at radius 3 is 3.11 bits per heavy atom. The van der Waals surface area contributed by atoms with E-state index in [9.17, 15) is 4.79 Å². The largest absolute Gasteiger partial charge is 0.372 e. The number of amides is 1. The smallest absolute Gasteiger partial charge is 0.251 e. The van der Waals surface area contributed by atoms with Crippen molar-refractivity contribution in [2.75, 3.05) is 0 Å². The van der Waals surface area contributed by atoms with Gasteiger partial charge in [0.05, 0.1) is 19.4 Å². The number of aromatic nitrogens is 2. The van der Waals surface area contributed by atoms with Gasteiger partial charge in [-0.05, 0) is 23.3 Å². The number of nitrogens with one attached hydrogen (secondary N) is 2. The average Bonchev–Trinajstić information content (AvgIpc) is 3.05. The summed E-state index contributed by atoms with van der Waals surface area (Å²) >= 11 is 0. The number of ether oxygens (including phenoxy) is 1. The van der Waals surface area contributed by atoms with Gasteiger partial charge >= 0.3 is 0 Å². The summed E-state index contributed by atoms with van der Waals surface area (Å²) in [4.78, 5) is 12.0. The van der Waals surface area contributed by atoms with Crippen molar-refractivity contribution in [1.29, 1.82) is 0 Å². The summed E-state index contributed by atoms with van der Waals surface area (Å²) in [7, 11) is 0. The molecule has 5 heteroatoms. The number of carbonyl (C=O) groups is 1. The van der Waals surface area contributed by atoms with Gasteiger partial charge in [0.15, 0.2) is 0 Å². The molecule has 0 atom stereocenters. The van der Waals surface area contributed by atoms with E-state index in [-0.39, 0.29) is 5.91 Å². The van der Waals surface area contributed by atoms with Crippen molar-refractivity contribution in [3.8, 4) is 0 Å². The lowest BCUT2D eigenvalue weighted by Gasteiger charge is -2.05. The molecule has 92 valence electrons. The quantitative estimate of drug-likeness (QED) is 0.855. The van der Waals surface area contributed by atoms with Gasteiger partial charge < -0.3 is 10.1 Å². The number of hydrogen-bond donors (Lipinski definition) is 2. The van der Waals surface area contributed by atoms with Crippen LogP contribution in [-0.2, 0) is 24.5 Å². The van der Waals surface area contributed by atoms with E-state index in [4.69, 9.17) is 4.74 Å². The molecule has 0 unspecified atom stereocenters. The fourth-order valence-corrected chi connectivity index (χ4v) is 1.97. The third-order valence-electron chi connectivity index (χ3n) is 2.99. The Balaban J connectivity index is 1.69. The predicted octanol–water partition coefficient (Wildman–Crippen LogP) is 1.37. The van der Waals surface area contributed by atoms with E-state index in [0.29, 0.717) is 25.3 Å². The van der Waals surface area contributed by atoms with E-state index in [1.54, 1.807) is 12.4 Å². The van der Waals surface area contributed by atoms with E-state index in [0.717, 1.165) is 11.1 Å². The van der Waals surface area contributed by atoms with Gasteiger partial charge in [0, 0.05) is 23.9 Å². The first-order valence-electron chi connectivity index (χ1n) is 5.78.